The molecule has 0 rings (SSSR count). The molecular formula is C22H42N2O6. The highest BCUT2D eigenvalue weighted by molar-refractivity contribution is 5.80. The highest BCUT2D eigenvalue weighted by Gasteiger charge is 2.22. The van der Waals surface area contributed by atoms with Gasteiger partial charge in [0.15, 0.2) is 0 Å². The van der Waals surface area contributed by atoms with E-state index in [4.69, 9.17) is 14.3 Å². The minimum Gasteiger partial charge on any atom is -0.379 e. The Labute approximate surface area is 182 Å². The van der Waals surface area contributed by atoms with Gasteiger partial charge in [0.2, 0.25) is 5.91 Å². The van der Waals surface area contributed by atoms with Crippen LogP contribution in [-0.4, -0.2) is 86.7 Å². The van der Waals surface area contributed by atoms with Gasteiger partial charge in [-0.15, -0.1) is 0 Å². The highest BCUT2D eigenvalue weighted by Crippen LogP contribution is 2.06. The van der Waals surface area contributed by atoms with Crippen LogP contribution in [0.5, 0.6) is 0 Å². The minimum atomic E-state index is -0.326. The predicted molar refractivity (Wildman–Crippen MR) is 116 cm³/mol. The van der Waals surface area contributed by atoms with Crippen molar-refractivity contribution in [2.45, 2.75) is 66.5 Å². The standard InChI is InChI=1S/C22H42N2O6/c1-16(2)20(25)9-11-28-14-19(15-29-12-10-21(26)17(3)4)24(8)22(27)13-23(7)30-18(5)6/h16-19H,9-15H2,1-8H3. The number of carbonyl (C=O) groups is 3. The molecule has 8 nitrogen and oxygen atoms in total. The first kappa shape index (κ1) is 28.6. The lowest BCUT2D eigenvalue weighted by Crippen LogP contribution is -2.47. The van der Waals surface area contributed by atoms with Crippen molar-refractivity contribution in [3.63, 3.8) is 0 Å². The molecule has 8 heteroatoms. The zero-order valence-corrected chi connectivity index (χ0v) is 20.1. The number of rotatable bonds is 17. The molecule has 30 heavy (non-hydrogen) atoms. The van der Waals surface area contributed by atoms with Crippen LogP contribution in [0.15, 0.2) is 0 Å². The van der Waals surface area contributed by atoms with Gasteiger partial charge in [0.05, 0.1) is 38.6 Å². The molecule has 0 aromatic rings. The molecule has 0 bridgehead atoms. The Morgan fingerprint density at radius 1 is 0.767 bits per heavy atom. The van der Waals surface area contributed by atoms with Crippen molar-refractivity contribution < 1.29 is 28.7 Å². The summed E-state index contributed by atoms with van der Waals surface area (Å²) in [5.74, 6) is 0.115. The molecule has 0 aromatic carbocycles. The number of ether oxygens (including phenoxy) is 2. The maximum atomic E-state index is 12.6. The van der Waals surface area contributed by atoms with Crippen LogP contribution in [-0.2, 0) is 28.7 Å². The van der Waals surface area contributed by atoms with Crippen molar-refractivity contribution in [1.82, 2.24) is 9.96 Å². The Hall–Kier alpha value is -1.35. The van der Waals surface area contributed by atoms with Crippen molar-refractivity contribution >= 4 is 17.5 Å². The van der Waals surface area contributed by atoms with E-state index in [1.54, 1.807) is 19.0 Å². The summed E-state index contributed by atoms with van der Waals surface area (Å²) in [6.07, 6.45) is 0.667. The van der Waals surface area contributed by atoms with Gasteiger partial charge in [0.1, 0.15) is 18.1 Å². The average Bonchev–Trinajstić information content (AvgIpc) is 2.64. The number of ketones is 2. The second kappa shape index (κ2) is 15.5. The van der Waals surface area contributed by atoms with E-state index in [0.717, 1.165) is 0 Å². The first-order valence-electron chi connectivity index (χ1n) is 10.8. The van der Waals surface area contributed by atoms with Crippen LogP contribution >= 0.6 is 0 Å². The molecule has 0 spiro atoms. The summed E-state index contributed by atoms with van der Waals surface area (Å²) in [4.78, 5) is 43.2. The van der Waals surface area contributed by atoms with Gasteiger partial charge in [-0.1, -0.05) is 27.7 Å². The number of carbonyl (C=O) groups excluding carboxylic acids is 3. The fourth-order valence-corrected chi connectivity index (χ4v) is 2.54. The average molecular weight is 431 g/mol. The molecule has 0 aliphatic carbocycles. The summed E-state index contributed by atoms with van der Waals surface area (Å²) >= 11 is 0. The van der Waals surface area contributed by atoms with Gasteiger partial charge in [-0.2, -0.15) is 5.06 Å². The molecular weight excluding hydrogens is 388 g/mol. The number of amides is 1. The quantitative estimate of drug-likeness (QED) is 0.259. The van der Waals surface area contributed by atoms with Crippen molar-refractivity contribution in [3.8, 4) is 0 Å². The van der Waals surface area contributed by atoms with Crippen LogP contribution < -0.4 is 0 Å². The molecule has 1 amide bonds. The van der Waals surface area contributed by atoms with E-state index in [0.29, 0.717) is 26.1 Å². The maximum Gasteiger partial charge on any atom is 0.239 e. The molecule has 176 valence electrons. The van der Waals surface area contributed by atoms with Gasteiger partial charge < -0.3 is 14.4 Å². The van der Waals surface area contributed by atoms with Crippen LogP contribution in [0.1, 0.15) is 54.4 Å². The van der Waals surface area contributed by atoms with Crippen molar-refractivity contribution in [1.29, 1.82) is 0 Å². The number of likely N-dealkylation sites (N-methyl/N-ethyl adjacent to an activating group) is 2. The first-order valence-corrected chi connectivity index (χ1v) is 10.8. The van der Waals surface area contributed by atoms with E-state index in [9.17, 15) is 14.4 Å². The van der Waals surface area contributed by atoms with E-state index in [1.165, 1.54) is 5.06 Å². The molecule has 0 atom stereocenters. The van der Waals surface area contributed by atoms with Crippen molar-refractivity contribution in [3.05, 3.63) is 0 Å². The Morgan fingerprint density at radius 2 is 1.20 bits per heavy atom. The van der Waals surface area contributed by atoms with Crippen LogP contribution in [0.25, 0.3) is 0 Å². The maximum absolute atomic E-state index is 12.6. The van der Waals surface area contributed by atoms with Gasteiger partial charge in [-0.05, 0) is 13.8 Å². The number of nitrogens with zero attached hydrogens (tertiary/aromatic N) is 2. The normalized spacial score (nSPS) is 11.9. The summed E-state index contributed by atoms with van der Waals surface area (Å²) in [6, 6.07) is -0.326. The van der Waals surface area contributed by atoms with E-state index >= 15 is 0 Å². The third-order valence-electron chi connectivity index (χ3n) is 4.58. The van der Waals surface area contributed by atoms with Crippen LogP contribution in [0.2, 0.25) is 0 Å². The molecule has 0 heterocycles. The van der Waals surface area contributed by atoms with E-state index in [-0.39, 0.29) is 61.2 Å². The lowest BCUT2D eigenvalue weighted by molar-refractivity contribution is -0.180. The predicted octanol–water partition coefficient (Wildman–Crippen LogP) is 2.35. The first-order chi connectivity index (χ1) is 14.0. The lowest BCUT2D eigenvalue weighted by Gasteiger charge is -2.30. The van der Waals surface area contributed by atoms with Gasteiger partial charge in [-0.3, -0.25) is 19.2 Å². The van der Waals surface area contributed by atoms with Gasteiger partial charge in [0.25, 0.3) is 0 Å². The Bertz CT molecular complexity index is 494. The molecule has 0 saturated carbocycles. The molecule has 0 aliphatic rings. The second-order valence-corrected chi connectivity index (χ2v) is 8.49. The van der Waals surface area contributed by atoms with Gasteiger partial charge >= 0.3 is 0 Å². The van der Waals surface area contributed by atoms with Crippen molar-refractivity contribution in [2.75, 3.05) is 47.1 Å². The third-order valence-corrected chi connectivity index (χ3v) is 4.58. The van der Waals surface area contributed by atoms with Crippen LogP contribution in [0.3, 0.4) is 0 Å². The molecule has 0 aromatic heterocycles. The van der Waals surface area contributed by atoms with E-state index in [1.807, 2.05) is 41.5 Å². The molecule has 0 unspecified atom stereocenters. The Morgan fingerprint density at radius 3 is 1.57 bits per heavy atom. The monoisotopic (exact) mass is 430 g/mol. The van der Waals surface area contributed by atoms with Gasteiger partial charge in [0, 0.05) is 38.8 Å². The van der Waals surface area contributed by atoms with E-state index in [2.05, 4.69) is 0 Å². The third kappa shape index (κ3) is 13.1. The summed E-state index contributed by atoms with van der Waals surface area (Å²) in [7, 11) is 3.41. The largest absolute Gasteiger partial charge is 0.379 e. The van der Waals surface area contributed by atoms with Crippen LogP contribution in [0, 0.1) is 11.8 Å². The minimum absolute atomic E-state index is 0.0208. The number of hydroxylamine groups is 2. The zero-order chi connectivity index (χ0) is 23.3. The summed E-state index contributed by atoms with van der Waals surface area (Å²) in [5, 5.41) is 1.50. The summed E-state index contributed by atoms with van der Waals surface area (Å²) in [5.41, 5.74) is 0. The molecule has 0 fully saturated rings. The summed E-state index contributed by atoms with van der Waals surface area (Å²) in [6.45, 7) is 12.4. The number of hydrogen-bond donors (Lipinski definition) is 0. The Balaban J connectivity index is 4.71. The molecule has 0 radical (unpaired) electrons. The zero-order valence-electron chi connectivity index (χ0n) is 20.1. The molecule has 0 aliphatic heterocycles. The topological polar surface area (TPSA) is 85.4 Å². The van der Waals surface area contributed by atoms with E-state index < -0.39 is 0 Å². The molecule has 0 N–H and O–H groups in total. The number of hydrogen-bond acceptors (Lipinski definition) is 7. The fraction of sp³-hybridized carbons (Fsp3) is 0.864. The Kier molecular flexibility index (Phi) is 14.8. The van der Waals surface area contributed by atoms with Crippen LogP contribution in [0.4, 0.5) is 0 Å². The van der Waals surface area contributed by atoms with Crippen molar-refractivity contribution in [2.24, 2.45) is 11.8 Å². The fourth-order valence-electron chi connectivity index (χ4n) is 2.54. The second-order valence-electron chi connectivity index (χ2n) is 8.49. The SMILES string of the molecule is CC(C)ON(C)CC(=O)N(C)C(COCCC(=O)C(C)C)COCCC(=O)C(C)C. The summed E-state index contributed by atoms with van der Waals surface area (Å²) < 4.78 is 11.3. The molecule has 0 saturated heterocycles. The number of Topliss-reactive ketones (excluding diaryl/α,β-unsaturated/α-hetero) is 2. The smallest absolute Gasteiger partial charge is 0.239 e. The lowest BCUT2D eigenvalue weighted by atomic mass is 10.1. The van der Waals surface area contributed by atoms with Gasteiger partial charge in [-0.25, -0.2) is 0 Å². The highest BCUT2D eigenvalue weighted by atomic mass is 16.7.